The highest BCUT2D eigenvalue weighted by atomic mass is 32.1. The third-order valence-electron chi connectivity index (χ3n) is 2.26. The Balaban J connectivity index is 2.45. The van der Waals surface area contributed by atoms with Crippen LogP contribution < -0.4 is 5.73 Å². The van der Waals surface area contributed by atoms with Crippen molar-refractivity contribution in [1.29, 1.82) is 0 Å². The van der Waals surface area contributed by atoms with Gasteiger partial charge < -0.3 is 5.73 Å². The predicted octanol–water partition coefficient (Wildman–Crippen LogP) is 2.17. The zero-order valence-corrected chi connectivity index (χ0v) is 9.26. The van der Waals surface area contributed by atoms with E-state index in [-0.39, 0.29) is 5.56 Å². The van der Waals surface area contributed by atoms with Crippen molar-refractivity contribution in [2.24, 2.45) is 5.73 Å². The Morgan fingerprint density at radius 1 is 1.38 bits per heavy atom. The molecule has 1 heterocycles. The second-order valence-corrected chi connectivity index (χ2v) is 4.15. The maximum Gasteiger partial charge on any atom is 0.128 e. The van der Waals surface area contributed by atoms with Gasteiger partial charge in [-0.15, -0.1) is 5.10 Å². The molecule has 3 nitrogen and oxygen atoms in total. The number of hydrogen-bond acceptors (Lipinski definition) is 4. The van der Waals surface area contributed by atoms with E-state index >= 15 is 0 Å². The molecule has 16 heavy (non-hydrogen) atoms. The first-order valence-corrected chi connectivity index (χ1v) is 5.36. The van der Waals surface area contributed by atoms with Gasteiger partial charge in [0.1, 0.15) is 11.6 Å². The maximum absolute atomic E-state index is 13.5. The summed E-state index contributed by atoms with van der Waals surface area (Å²) in [5.41, 5.74) is 6.61. The van der Waals surface area contributed by atoms with E-state index < -0.39 is 17.7 Å². The van der Waals surface area contributed by atoms with Crippen LogP contribution in [-0.4, -0.2) is 9.59 Å². The van der Waals surface area contributed by atoms with Crippen LogP contribution in [0.3, 0.4) is 0 Å². The van der Waals surface area contributed by atoms with Gasteiger partial charge in [-0.05, 0) is 36.7 Å². The van der Waals surface area contributed by atoms with E-state index in [0.29, 0.717) is 10.6 Å². The summed E-state index contributed by atoms with van der Waals surface area (Å²) in [6.07, 6.45) is 0. The number of nitrogens with two attached hydrogens (primary N) is 1. The van der Waals surface area contributed by atoms with Gasteiger partial charge in [0.15, 0.2) is 0 Å². The minimum Gasteiger partial charge on any atom is -0.319 e. The van der Waals surface area contributed by atoms with Crippen LogP contribution in [0.15, 0.2) is 18.2 Å². The first-order valence-electron chi connectivity index (χ1n) is 4.59. The van der Waals surface area contributed by atoms with Crippen LogP contribution in [-0.2, 0) is 0 Å². The summed E-state index contributed by atoms with van der Waals surface area (Å²) in [4.78, 5) is 0.643. The van der Waals surface area contributed by atoms with Gasteiger partial charge in [-0.3, -0.25) is 0 Å². The summed E-state index contributed by atoms with van der Waals surface area (Å²) in [5, 5.41) is 3.79. The van der Waals surface area contributed by atoms with Gasteiger partial charge in [0.05, 0.1) is 16.6 Å². The number of nitrogens with zero attached hydrogens (tertiary/aromatic N) is 2. The summed E-state index contributed by atoms with van der Waals surface area (Å²) in [6.45, 7) is 1.73. The Hall–Kier alpha value is -1.40. The molecular weight excluding hydrogens is 232 g/mol. The molecule has 6 heteroatoms. The van der Waals surface area contributed by atoms with Gasteiger partial charge in [-0.1, -0.05) is 4.49 Å². The number of rotatable bonds is 2. The number of benzene rings is 1. The molecule has 0 saturated carbocycles. The second kappa shape index (κ2) is 4.23. The molecule has 0 amide bonds. The molecule has 0 aliphatic carbocycles. The van der Waals surface area contributed by atoms with Crippen molar-refractivity contribution in [2.45, 2.75) is 13.0 Å². The quantitative estimate of drug-likeness (QED) is 0.876. The molecule has 1 unspecified atom stereocenters. The van der Waals surface area contributed by atoms with Gasteiger partial charge in [0.25, 0.3) is 0 Å². The Labute approximate surface area is 95.1 Å². The Kier molecular flexibility index (Phi) is 2.93. The molecule has 0 bridgehead atoms. The van der Waals surface area contributed by atoms with E-state index in [2.05, 4.69) is 9.59 Å². The molecule has 1 atom stereocenters. The molecule has 0 saturated heterocycles. The maximum atomic E-state index is 13.5. The van der Waals surface area contributed by atoms with E-state index in [1.165, 1.54) is 0 Å². The second-order valence-electron chi connectivity index (χ2n) is 3.37. The Morgan fingerprint density at radius 3 is 2.75 bits per heavy atom. The average molecular weight is 241 g/mol. The van der Waals surface area contributed by atoms with E-state index in [1.54, 1.807) is 6.92 Å². The van der Waals surface area contributed by atoms with Gasteiger partial charge in [0, 0.05) is 5.56 Å². The summed E-state index contributed by atoms with van der Waals surface area (Å²) >= 11 is 1.09. The molecule has 84 valence electrons. The third-order valence-corrected chi connectivity index (χ3v) is 3.17. The van der Waals surface area contributed by atoms with Crippen molar-refractivity contribution in [3.8, 4) is 0 Å². The van der Waals surface area contributed by atoms with Crippen molar-refractivity contribution >= 4 is 11.5 Å². The highest BCUT2D eigenvalue weighted by Crippen LogP contribution is 2.26. The average Bonchev–Trinajstić information content (AvgIpc) is 2.67. The van der Waals surface area contributed by atoms with Crippen LogP contribution in [0.4, 0.5) is 8.78 Å². The molecule has 0 aliphatic rings. The fraction of sp³-hybridized carbons (Fsp3) is 0.200. The van der Waals surface area contributed by atoms with Crippen molar-refractivity contribution in [3.63, 3.8) is 0 Å². The highest BCUT2D eigenvalue weighted by Gasteiger charge is 2.18. The molecule has 0 spiro atoms. The molecule has 1 aromatic carbocycles. The summed E-state index contributed by atoms with van der Waals surface area (Å²) in [7, 11) is 0. The van der Waals surface area contributed by atoms with Crippen molar-refractivity contribution in [1.82, 2.24) is 9.59 Å². The van der Waals surface area contributed by atoms with Crippen LogP contribution in [0, 0.1) is 18.6 Å². The minimum atomic E-state index is -0.726. The van der Waals surface area contributed by atoms with E-state index in [9.17, 15) is 8.78 Å². The molecular formula is C10H9F2N3S. The summed E-state index contributed by atoms with van der Waals surface area (Å²) < 4.78 is 30.2. The smallest absolute Gasteiger partial charge is 0.128 e. The van der Waals surface area contributed by atoms with Crippen LogP contribution in [0.5, 0.6) is 0 Å². The zero-order valence-electron chi connectivity index (χ0n) is 8.45. The lowest BCUT2D eigenvalue weighted by Gasteiger charge is -2.11. The molecule has 0 radical (unpaired) electrons. The molecule has 1 aromatic heterocycles. The first kappa shape index (κ1) is 11.1. The lowest BCUT2D eigenvalue weighted by Crippen LogP contribution is -2.13. The standard InChI is InChI=1S/C10H9F2N3S/c1-5-10(16-15-14-5)9(13)7-4-6(11)2-3-8(7)12/h2-4,9H,13H2,1H3. The third kappa shape index (κ3) is 1.94. The van der Waals surface area contributed by atoms with Crippen molar-refractivity contribution in [2.75, 3.05) is 0 Å². The number of aromatic nitrogens is 2. The Bertz CT molecular complexity index is 513. The molecule has 0 aliphatic heterocycles. The van der Waals surface area contributed by atoms with Gasteiger partial charge in [-0.25, -0.2) is 8.78 Å². The van der Waals surface area contributed by atoms with Gasteiger partial charge in [-0.2, -0.15) is 0 Å². The molecule has 0 fully saturated rings. The van der Waals surface area contributed by atoms with Crippen LogP contribution in [0.1, 0.15) is 22.2 Å². The fourth-order valence-electron chi connectivity index (χ4n) is 1.42. The Morgan fingerprint density at radius 2 is 2.12 bits per heavy atom. The number of aryl methyl sites for hydroxylation is 1. The highest BCUT2D eigenvalue weighted by molar-refractivity contribution is 7.05. The SMILES string of the molecule is Cc1nnsc1C(N)c1cc(F)ccc1F. The molecule has 2 N–H and O–H groups in total. The van der Waals surface area contributed by atoms with Crippen molar-refractivity contribution < 1.29 is 8.78 Å². The number of hydrogen-bond donors (Lipinski definition) is 1. The topological polar surface area (TPSA) is 51.8 Å². The van der Waals surface area contributed by atoms with Crippen molar-refractivity contribution in [3.05, 3.63) is 46.0 Å². The normalized spacial score (nSPS) is 12.8. The van der Waals surface area contributed by atoms with Gasteiger partial charge in [0.2, 0.25) is 0 Å². The van der Waals surface area contributed by atoms with E-state index in [1.807, 2.05) is 0 Å². The minimum absolute atomic E-state index is 0.120. The first-order chi connectivity index (χ1) is 7.59. The summed E-state index contributed by atoms with van der Waals surface area (Å²) in [6, 6.07) is 2.49. The lowest BCUT2D eigenvalue weighted by atomic mass is 10.0. The van der Waals surface area contributed by atoms with Crippen LogP contribution in [0.2, 0.25) is 0 Å². The monoisotopic (exact) mass is 241 g/mol. The van der Waals surface area contributed by atoms with Crippen LogP contribution >= 0.6 is 11.5 Å². The lowest BCUT2D eigenvalue weighted by molar-refractivity contribution is 0.577. The van der Waals surface area contributed by atoms with E-state index in [0.717, 1.165) is 29.7 Å². The fourth-order valence-corrected chi connectivity index (χ4v) is 2.08. The number of halogens is 2. The van der Waals surface area contributed by atoms with Crippen LogP contribution in [0.25, 0.3) is 0 Å². The predicted molar refractivity (Wildman–Crippen MR) is 57.0 cm³/mol. The summed E-state index contributed by atoms with van der Waals surface area (Å²) in [5.74, 6) is -1.04. The van der Waals surface area contributed by atoms with Gasteiger partial charge >= 0.3 is 0 Å². The molecule has 2 aromatic rings. The molecule has 2 rings (SSSR count). The largest absolute Gasteiger partial charge is 0.319 e. The van der Waals surface area contributed by atoms with E-state index in [4.69, 9.17) is 5.73 Å². The zero-order chi connectivity index (χ0) is 11.7.